The number of nitrogens with two attached hydrogens (primary N) is 1. The number of rotatable bonds is 3. The largest absolute Gasteiger partial charge is 0.465 e. The lowest BCUT2D eigenvalue weighted by atomic mass is 9.73. The van der Waals surface area contributed by atoms with Gasteiger partial charge in [-0.1, -0.05) is 0 Å². The summed E-state index contributed by atoms with van der Waals surface area (Å²) in [6.07, 6.45) is 2.46. The first-order valence-corrected chi connectivity index (χ1v) is 5.13. The van der Waals surface area contributed by atoms with Crippen molar-refractivity contribution < 1.29 is 13.9 Å². The summed E-state index contributed by atoms with van der Waals surface area (Å²) in [5, 5.41) is 0. The van der Waals surface area contributed by atoms with Crippen molar-refractivity contribution in [1.82, 2.24) is 0 Å². The molecule has 0 aromatic rings. The van der Waals surface area contributed by atoms with Gasteiger partial charge >= 0.3 is 5.97 Å². The van der Waals surface area contributed by atoms with Gasteiger partial charge in [-0.15, -0.1) is 0 Å². The number of carbonyl (C=O) groups is 1. The normalized spacial score (nSPS) is 32.6. The van der Waals surface area contributed by atoms with Crippen LogP contribution in [0.4, 0.5) is 4.39 Å². The lowest BCUT2D eigenvalue weighted by Gasteiger charge is -2.34. The second kappa shape index (κ2) is 4.73. The summed E-state index contributed by atoms with van der Waals surface area (Å²) in [7, 11) is 0. The SMILES string of the molecule is CCOC(=O)C1(CF)CCC(N)CC1. The Hall–Kier alpha value is -0.640. The number of alkyl halides is 1. The van der Waals surface area contributed by atoms with E-state index in [-0.39, 0.29) is 6.04 Å². The highest BCUT2D eigenvalue weighted by Crippen LogP contribution is 2.37. The van der Waals surface area contributed by atoms with Crippen molar-refractivity contribution in [3.63, 3.8) is 0 Å². The Balaban J connectivity index is 2.62. The van der Waals surface area contributed by atoms with Crippen molar-refractivity contribution in [3.8, 4) is 0 Å². The van der Waals surface area contributed by atoms with Crippen LogP contribution in [0.2, 0.25) is 0 Å². The van der Waals surface area contributed by atoms with Crippen molar-refractivity contribution >= 4 is 5.97 Å². The second-order valence-corrected chi connectivity index (χ2v) is 3.97. The molecule has 0 spiro atoms. The van der Waals surface area contributed by atoms with Crippen LogP contribution in [0.15, 0.2) is 0 Å². The van der Waals surface area contributed by atoms with E-state index in [1.165, 1.54) is 0 Å². The predicted octanol–water partition coefficient (Wildman–Crippen LogP) is 1.41. The Bertz CT molecular complexity index is 200. The van der Waals surface area contributed by atoms with Gasteiger partial charge in [0, 0.05) is 6.04 Å². The predicted molar refractivity (Wildman–Crippen MR) is 51.5 cm³/mol. The Labute approximate surface area is 83.8 Å². The first-order chi connectivity index (χ1) is 6.64. The molecule has 0 atom stereocenters. The van der Waals surface area contributed by atoms with Crippen molar-refractivity contribution in [2.75, 3.05) is 13.3 Å². The van der Waals surface area contributed by atoms with E-state index in [1.54, 1.807) is 6.92 Å². The van der Waals surface area contributed by atoms with Crippen molar-refractivity contribution in [3.05, 3.63) is 0 Å². The molecular formula is C10H18FNO2. The molecule has 1 aliphatic rings. The second-order valence-electron chi connectivity index (χ2n) is 3.97. The van der Waals surface area contributed by atoms with E-state index in [2.05, 4.69) is 0 Å². The van der Waals surface area contributed by atoms with Crippen molar-refractivity contribution in [2.24, 2.45) is 11.1 Å². The molecule has 0 heterocycles. The monoisotopic (exact) mass is 203 g/mol. The maximum Gasteiger partial charge on any atom is 0.314 e. The molecule has 0 aliphatic heterocycles. The van der Waals surface area contributed by atoms with Crippen LogP contribution < -0.4 is 5.73 Å². The molecule has 1 saturated carbocycles. The molecule has 2 N–H and O–H groups in total. The Morgan fingerprint density at radius 2 is 2.14 bits per heavy atom. The lowest BCUT2D eigenvalue weighted by Crippen LogP contribution is -2.42. The smallest absolute Gasteiger partial charge is 0.314 e. The van der Waals surface area contributed by atoms with Gasteiger partial charge in [0.1, 0.15) is 6.67 Å². The van der Waals surface area contributed by atoms with E-state index in [1.807, 2.05) is 0 Å². The number of esters is 1. The molecule has 1 rings (SSSR count). The van der Waals surface area contributed by atoms with Crippen LogP contribution in [0.3, 0.4) is 0 Å². The average Bonchev–Trinajstić information content (AvgIpc) is 2.20. The molecule has 82 valence electrons. The van der Waals surface area contributed by atoms with Gasteiger partial charge in [0.15, 0.2) is 0 Å². The van der Waals surface area contributed by atoms with Gasteiger partial charge in [-0.3, -0.25) is 4.79 Å². The zero-order valence-electron chi connectivity index (χ0n) is 8.59. The van der Waals surface area contributed by atoms with E-state index in [0.717, 1.165) is 0 Å². The molecule has 14 heavy (non-hydrogen) atoms. The van der Waals surface area contributed by atoms with Gasteiger partial charge in [0.05, 0.1) is 12.0 Å². The first kappa shape index (κ1) is 11.4. The molecule has 0 saturated heterocycles. The fraction of sp³-hybridized carbons (Fsp3) is 0.900. The molecule has 0 amide bonds. The summed E-state index contributed by atoms with van der Waals surface area (Å²) in [4.78, 5) is 11.6. The summed E-state index contributed by atoms with van der Waals surface area (Å²) < 4.78 is 17.8. The van der Waals surface area contributed by atoms with Gasteiger partial charge < -0.3 is 10.5 Å². The van der Waals surface area contributed by atoms with Crippen LogP contribution in [-0.4, -0.2) is 25.3 Å². The van der Waals surface area contributed by atoms with Gasteiger partial charge in [0.25, 0.3) is 0 Å². The topological polar surface area (TPSA) is 52.3 Å². The summed E-state index contributed by atoms with van der Waals surface area (Å²) in [5.41, 5.74) is 4.81. The number of carbonyl (C=O) groups excluding carboxylic acids is 1. The third-order valence-electron chi connectivity index (χ3n) is 2.95. The highest BCUT2D eigenvalue weighted by molar-refractivity contribution is 5.77. The van der Waals surface area contributed by atoms with E-state index in [0.29, 0.717) is 32.3 Å². The van der Waals surface area contributed by atoms with Gasteiger partial charge in [-0.25, -0.2) is 4.39 Å². The number of hydrogen-bond acceptors (Lipinski definition) is 3. The minimum Gasteiger partial charge on any atom is -0.465 e. The molecule has 1 fully saturated rings. The maximum absolute atomic E-state index is 12.9. The molecule has 0 bridgehead atoms. The van der Waals surface area contributed by atoms with Gasteiger partial charge in [-0.05, 0) is 32.6 Å². The highest BCUT2D eigenvalue weighted by Gasteiger charge is 2.42. The van der Waals surface area contributed by atoms with Gasteiger partial charge in [0.2, 0.25) is 0 Å². The van der Waals surface area contributed by atoms with E-state index >= 15 is 0 Å². The van der Waals surface area contributed by atoms with Crippen LogP contribution in [0.5, 0.6) is 0 Å². The Morgan fingerprint density at radius 1 is 1.57 bits per heavy atom. The van der Waals surface area contributed by atoms with E-state index < -0.39 is 18.1 Å². The third kappa shape index (κ3) is 2.23. The van der Waals surface area contributed by atoms with E-state index in [9.17, 15) is 9.18 Å². The first-order valence-electron chi connectivity index (χ1n) is 5.13. The quantitative estimate of drug-likeness (QED) is 0.705. The molecule has 4 heteroatoms. The van der Waals surface area contributed by atoms with Crippen LogP contribution in [0.25, 0.3) is 0 Å². The molecule has 0 unspecified atom stereocenters. The number of halogens is 1. The summed E-state index contributed by atoms with van der Waals surface area (Å²) in [5.74, 6) is -0.394. The molecule has 0 aromatic heterocycles. The van der Waals surface area contributed by atoms with Crippen LogP contribution in [0, 0.1) is 5.41 Å². The van der Waals surface area contributed by atoms with Crippen LogP contribution in [0.1, 0.15) is 32.6 Å². The average molecular weight is 203 g/mol. The lowest BCUT2D eigenvalue weighted by molar-refractivity contribution is -0.159. The molecule has 3 nitrogen and oxygen atoms in total. The summed E-state index contributed by atoms with van der Waals surface area (Å²) in [6, 6.07) is 0.115. The summed E-state index contributed by atoms with van der Waals surface area (Å²) >= 11 is 0. The Kier molecular flexibility index (Phi) is 3.86. The molecule has 1 aliphatic carbocycles. The van der Waals surface area contributed by atoms with Gasteiger partial charge in [-0.2, -0.15) is 0 Å². The fourth-order valence-corrected chi connectivity index (χ4v) is 1.87. The maximum atomic E-state index is 12.9. The zero-order chi connectivity index (χ0) is 10.6. The van der Waals surface area contributed by atoms with Crippen molar-refractivity contribution in [1.29, 1.82) is 0 Å². The fourth-order valence-electron chi connectivity index (χ4n) is 1.87. The minimum atomic E-state index is -0.897. The summed E-state index contributed by atoms with van der Waals surface area (Å²) in [6.45, 7) is 1.42. The third-order valence-corrected chi connectivity index (χ3v) is 2.95. The number of hydrogen-bond donors (Lipinski definition) is 1. The number of ether oxygens (including phenoxy) is 1. The highest BCUT2D eigenvalue weighted by atomic mass is 19.1. The standard InChI is InChI=1S/C10H18FNO2/c1-2-14-9(13)10(7-11)5-3-8(12)4-6-10/h8H,2-7,12H2,1H3. The molecule has 0 aromatic carbocycles. The Morgan fingerprint density at radius 3 is 2.57 bits per heavy atom. The molecule has 0 radical (unpaired) electrons. The minimum absolute atomic E-state index is 0.115. The zero-order valence-corrected chi connectivity index (χ0v) is 8.59. The van der Waals surface area contributed by atoms with Crippen molar-refractivity contribution in [2.45, 2.75) is 38.6 Å². The van der Waals surface area contributed by atoms with E-state index in [4.69, 9.17) is 10.5 Å². The van der Waals surface area contributed by atoms with Crippen LogP contribution >= 0.6 is 0 Å². The molecular weight excluding hydrogens is 185 g/mol. The van der Waals surface area contributed by atoms with Crippen LogP contribution in [-0.2, 0) is 9.53 Å².